The first-order valence-corrected chi connectivity index (χ1v) is 7.39. The van der Waals surface area contributed by atoms with Crippen molar-refractivity contribution in [2.75, 3.05) is 25.0 Å². The highest BCUT2D eigenvalue weighted by Crippen LogP contribution is 2.24. The summed E-state index contributed by atoms with van der Waals surface area (Å²) in [6.07, 6.45) is 2.04. The van der Waals surface area contributed by atoms with Gasteiger partial charge >= 0.3 is 0 Å². The first-order valence-electron chi connectivity index (χ1n) is 6.51. The Morgan fingerprint density at radius 1 is 1.53 bits per heavy atom. The van der Waals surface area contributed by atoms with Crippen LogP contribution in [0, 0.1) is 0 Å². The molecule has 0 atom stereocenters. The lowest BCUT2D eigenvalue weighted by atomic mass is 10.1. The first kappa shape index (κ1) is 14.3. The van der Waals surface area contributed by atoms with Crippen molar-refractivity contribution >= 4 is 22.1 Å². The SMILES string of the molecule is CCNCc1c(N(C)CC(C)(C)O)nc2sccn12. The van der Waals surface area contributed by atoms with Crippen molar-refractivity contribution in [2.45, 2.75) is 32.9 Å². The van der Waals surface area contributed by atoms with Gasteiger partial charge in [-0.3, -0.25) is 4.40 Å². The van der Waals surface area contributed by atoms with Gasteiger partial charge in [-0.25, -0.2) is 4.98 Å². The van der Waals surface area contributed by atoms with Gasteiger partial charge in [0.2, 0.25) is 0 Å². The zero-order valence-corrected chi connectivity index (χ0v) is 12.8. The number of nitrogens with zero attached hydrogens (tertiary/aromatic N) is 3. The van der Waals surface area contributed by atoms with E-state index in [0.717, 1.165) is 29.6 Å². The number of fused-ring (bicyclic) bond motifs is 1. The smallest absolute Gasteiger partial charge is 0.195 e. The topological polar surface area (TPSA) is 52.8 Å². The number of aliphatic hydroxyl groups is 1. The van der Waals surface area contributed by atoms with Crippen LogP contribution in [-0.2, 0) is 6.54 Å². The third kappa shape index (κ3) is 3.26. The number of likely N-dealkylation sites (N-methyl/N-ethyl adjacent to an activating group) is 1. The average molecular weight is 282 g/mol. The molecular weight excluding hydrogens is 260 g/mol. The monoisotopic (exact) mass is 282 g/mol. The third-order valence-electron chi connectivity index (χ3n) is 2.87. The minimum atomic E-state index is -0.735. The molecule has 2 aromatic heterocycles. The second kappa shape index (κ2) is 5.48. The van der Waals surface area contributed by atoms with Crippen LogP contribution in [-0.4, -0.2) is 40.2 Å². The summed E-state index contributed by atoms with van der Waals surface area (Å²) < 4.78 is 2.11. The quantitative estimate of drug-likeness (QED) is 0.847. The molecule has 0 saturated heterocycles. The molecule has 0 saturated carbocycles. The normalized spacial score (nSPS) is 12.3. The number of rotatable bonds is 6. The minimum Gasteiger partial charge on any atom is -0.389 e. The van der Waals surface area contributed by atoms with Crippen LogP contribution in [0.15, 0.2) is 11.6 Å². The van der Waals surface area contributed by atoms with Crippen LogP contribution < -0.4 is 10.2 Å². The summed E-state index contributed by atoms with van der Waals surface area (Å²) in [5, 5.41) is 15.3. The van der Waals surface area contributed by atoms with E-state index in [-0.39, 0.29) is 0 Å². The number of thiazole rings is 1. The summed E-state index contributed by atoms with van der Waals surface area (Å²) in [6, 6.07) is 0. The lowest BCUT2D eigenvalue weighted by Gasteiger charge is -2.26. The molecule has 6 heteroatoms. The van der Waals surface area contributed by atoms with Crippen molar-refractivity contribution in [3.63, 3.8) is 0 Å². The number of hydrogen-bond donors (Lipinski definition) is 2. The van der Waals surface area contributed by atoms with Crippen molar-refractivity contribution < 1.29 is 5.11 Å². The van der Waals surface area contributed by atoms with Crippen LogP contribution in [0.4, 0.5) is 5.82 Å². The van der Waals surface area contributed by atoms with Crippen molar-refractivity contribution in [3.8, 4) is 0 Å². The summed E-state index contributed by atoms with van der Waals surface area (Å²) in [5.41, 5.74) is 0.409. The number of nitrogens with one attached hydrogen (secondary N) is 1. The molecule has 0 amide bonds. The highest BCUT2D eigenvalue weighted by atomic mass is 32.1. The molecule has 0 aliphatic rings. The van der Waals surface area contributed by atoms with Gasteiger partial charge in [-0.1, -0.05) is 6.92 Å². The Morgan fingerprint density at radius 2 is 2.26 bits per heavy atom. The van der Waals surface area contributed by atoms with Gasteiger partial charge in [0.25, 0.3) is 0 Å². The van der Waals surface area contributed by atoms with Crippen molar-refractivity contribution in [1.82, 2.24) is 14.7 Å². The molecule has 0 fully saturated rings. The Balaban J connectivity index is 2.32. The van der Waals surface area contributed by atoms with E-state index in [9.17, 15) is 5.11 Å². The lowest BCUT2D eigenvalue weighted by molar-refractivity contribution is 0.0884. The van der Waals surface area contributed by atoms with Crippen molar-refractivity contribution in [3.05, 3.63) is 17.3 Å². The van der Waals surface area contributed by atoms with Gasteiger partial charge in [-0.05, 0) is 20.4 Å². The van der Waals surface area contributed by atoms with Gasteiger partial charge in [0, 0.05) is 31.7 Å². The van der Waals surface area contributed by atoms with Crippen LogP contribution in [0.3, 0.4) is 0 Å². The summed E-state index contributed by atoms with van der Waals surface area (Å²) in [4.78, 5) is 7.68. The van der Waals surface area contributed by atoms with Gasteiger partial charge < -0.3 is 15.3 Å². The molecule has 0 aliphatic carbocycles. The van der Waals surface area contributed by atoms with Crippen LogP contribution in [0.5, 0.6) is 0 Å². The summed E-state index contributed by atoms with van der Waals surface area (Å²) in [6.45, 7) is 7.97. The molecule has 2 rings (SSSR count). The molecular formula is C13H22N4OS. The zero-order valence-electron chi connectivity index (χ0n) is 12.0. The maximum Gasteiger partial charge on any atom is 0.195 e. The first-order chi connectivity index (χ1) is 8.92. The summed E-state index contributed by atoms with van der Waals surface area (Å²) in [5.74, 6) is 0.940. The molecule has 0 aromatic carbocycles. The van der Waals surface area contributed by atoms with Crippen LogP contribution in [0.25, 0.3) is 4.96 Å². The molecule has 2 heterocycles. The van der Waals surface area contributed by atoms with Crippen LogP contribution in [0.1, 0.15) is 26.5 Å². The van der Waals surface area contributed by atoms with E-state index < -0.39 is 5.60 Å². The van der Waals surface area contributed by atoms with E-state index in [4.69, 9.17) is 0 Å². The van der Waals surface area contributed by atoms with Gasteiger partial charge in [-0.2, -0.15) is 0 Å². The molecule has 0 radical (unpaired) electrons. The molecule has 2 aromatic rings. The van der Waals surface area contributed by atoms with Crippen molar-refractivity contribution in [2.24, 2.45) is 0 Å². The van der Waals surface area contributed by atoms with Gasteiger partial charge in [0.1, 0.15) is 0 Å². The van der Waals surface area contributed by atoms with Crippen LogP contribution in [0.2, 0.25) is 0 Å². The molecule has 19 heavy (non-hydrogen) atoms. The average Bonchev–Trinajstić information content (AvgIpc) is 2.84. The maximum absolute atomic E-state index is 9.95. The van der Waals surface area contributed by atoms with Crippen LogP contribution >= 0.6 is 11.3 Å². The highest BCUT2D eigenvalue weighted by molar-refractivity contribution is 7.15. The number of anilines is 1. The number of imidazole rings is 1. The second-order valence-corrected chi connectivity index (χ2v) is 6.26. The van der Waals surface area contributed by atoms with Gasteiger partial charge in [-0.15, -0.1) is 11.3 Å². The molecule has 2 N–H and O–H groups in total. The van der Waals surface area contributed by atoms with E-state index in [1.807, 2.05) is 37.4 Å². The Kier molecular flexibility index (Phi) is 4.13. The Morgan fingerprint density at radius 3 is 2.89 bits per heavy atom. The summed E-state index contributed by atoms with van der Waals surface area (Å²) in [7, 11) is 1.97. The fourth-order valence-corrected chi connectivity index (χ4v) is 2.92. The second-order valence-electron chi connectivity index (χ2n) is 5.39. The molecule has 0 bridgehead atoms. The molecule has 0 unspecified atom stereocenters. The Bertz CT molecular complexity index is 540. The zero-order chi connectivity index (χ0) is 14.0. The van der Waals surface area contributed by atoms with E-state index in [1.54, 1.807) is 11.3 Å². The minimum absolute atomic E-state index is 0.553. The van der Waals surface area contributed by atoms with E-state index >= 15 is 0 Å². The predicted octanol–water partition coefficient (Wildman–Crippen LogP) is 1.71. The predicted molar refractivity (Wildman–Crippen MR) is 80.0 cm³/mol. The molecule has 0 spiro atoms. The molecule has 106 valence electrons. The van der Waals surface area contributed by atoms with E-state index in [1.165, 1.54) is 0 Å². The third-order valence-corrected chi connectivity index (χ3v) is 3.62. The van der Waals surface area contributed by atoms with Gasteiger partial charge in [0.05, 0.1) is 11.3 Å². The Hall–Kier alpha value is -1.11. The van der Waals surface area contributed by atoms with Gasteiger partial charge in [0.15, 0.2) is 10.8 Å². The van der Waals surface area contributed by atoms with Crippen molar-refractivity contribution in [1.29, 1.82) is 0 Å². The lowest BCUT2D eigenvalue weighted by Crippen LogP contribution is -2.37. The number of aromatic nitrogens is 2. The fourth-order valence-electron chi connectivity index (χ4n) is 2.19. The maximum atomic E-state index is 9.95. The standard InChI is InChI=1S/C13H22N4OS/c1-5-14-8-10-11(16(4)9-13(2,3)18)15-12-17(10)6-7-19-12/h6-7,14,18H,5,8-9H2,1-4H3. The summed E-state index contributed by atoms with van der Waals surface area (Å²) >= 11 is 1.63. The number of hydrogen-bond acceptors (Lipinski definition) is 5. The highest BCUT2D eigenvalue weighted by Gasteiger charge is 2.21. The van der Waals surface area contributed by atoms with E-state index in [2.05, 4.69) is 21.6 Å². The molecule has 5 nitrogen and oxygen atoms in total. The fraction of sp³-hybridized carbons (Fsp3) is 0.615. The van der Waals surface area contributed by atoms with E-state index in [0.29, 0.717) is 6.54 Å². The Labute approximate surface area is 117 Å². The largest absolute Gasteiger partial charge is 0.389 e. The molecule has 0 aliphatic heterocycles.